The molecule has 2 amide bonds. The monoisotopic (exact) mass is 330 g/mol. The van der Waals surface area contributed by atoms with E-state index in [1.165, 1.54) is 0 Å². The van der Waals surface area contributed by atoms with Gasteiger partial charge >= 0.3 is 0 Å². The van der Waals surface area contributed by atoms with E-state index in [0.717, 1.165) is 12.0 Å². The Morgan fingerprint density at radius 2 is 1.71 bits per heavy atom. The lowest BCUT2D eigenvalue weighted by Crippen LogP contribution is -2.53. The van der Waals surface area contributed by atoms with Crippen molar-refractivity contribution in [3.05, 3.63) is 35.9 Å². The van der Waals surface area contributed by atoms with Crippen molar-refractivity contribution in [1.82, 2.24) is 9.80 Å². The normalized spacial score (nSPS) is 24.6. The largest absolute Gasteiger partial charge is 0.364 e. The van der Waals surface area contributed by atoms with Gasteiger partial charge in [0.1, 0.15) is 6.10 Å². The molecule has 1 aromatic rings. The lowest BCUT2D eigenvalue weighted by molar-refractivity contribution is -0.148. The smallest absolute Gasteiger partial charge is 0.251 e. The molecule has 2 aliphatic rings. The molecule has 3 rings (SSSR count). The first-order chi connectivity index (χ1) is 11.6. The molecule has 0 radical (unpaired) electrons. The van der Waals surface area contributed by atoms with Crippen molar-refractivity contribution in [2.75, 3.05) is 26.2 Å². The molecule has 0 N–H and O–H groups in total. The summed E-state index contributed by atoms with van der Waals surface area (Å²) in [6.07, 6.45) is 0.554. The molecule has 1 aromatic carbocycles. The van der Waals surface area contributed by atoms with E-state index in [-0.39, 0.29) is 17.7 Å². The van der Waals surface area contributed by atoms with Gasteiger partial charge < -0.3 is 14.5 Å². The number of rotatable bonds is 5. The van der Waals surface area contributed by atoms with Crippen molar-refractivity contribution >= 4 is 11.8 Å². The molecule has 5 nitrogen and oxygen atoms in total. The predicted molar refractivity (Wildman–Crippen MR) is 91.1 cm³/mol. The van der Waals surface area contributed by atoms with E-state index in [2.05, 4.69) is 6.92 Å². The third kappa shape index (κ3) is 3.96. The Labute approximate surface area is 143 Å². The van der Waals surface area contributed by atoms with E-state index in [0.29, 0.717) is 38.7 Å². The van der Waals surface area contributed by atoms with E-state index in [9.17, 15) is 9.59 Å². The first-order valence-corrected chi connectivity index (χ1v) is 8.79. The maximum absolute atomic E-state index is 12.5. The SMILES string of the molecule is C[C@H](OCc1ccccc1)C(=O)N1CCN(C(=O)[C@@H]2C[C@H]2C)CC1. The van der Waals surface area contributed by atoms with Crippen LogP contribution >= 0.6 is 0 Å². The molecule has 1 saturated carbocycles. The van der Waals surface area contributed by atoms with Gasteiger partial charge in [0.15, 0.2) is 0 Å². The molecule has 1 saturated heterocycles. The van der Waals surface area contributed by atoms with Crippen LogP contribution < -0.4 is 0 Å². The molecule has 2 fully saturated rings. The lowest BCUT2D eigenvalue weighted by atomic mass is 10.2. The van der Waals surface area contributed by atoms with Gasteiger partial charge in [-0.05, 0) is 24.8 Å². The highest BCUT2D eigenvalue weighted by Gasteiger charge is 2.42. The van der Waals surface area contributed by atoms with Crippen molar-refractivity contribution in [2.45, 2.75) is 33.0 Å². The van der Waals surface area contributed by atoms with Crippen LogP contribution in [0.1, 0.15) is 25.8 Å². The maximum Gasteiger partial charge on any atom is 0.251 e. The molecular weight excluding hydrogens is 304 g/mol. The Bertz CT molecular complexity index is 582. The van der Waals surface area contributed by atoms with Gasteiger partial charge in [-0.1, -0.05) is 37.3 Å². The third-order valence-electron chi connectivity index (χ3n) is 5.02. The second-order valence-electron chi connectivity index (χ2n) is 6.91. The molecule has 3 atom stereocenters. The van der Waals surface area contributed by atoms with Crippen molar-refractivity contribution in [1.29, 1.82) is 0 Å². The Morgan fingerprint density at radius 1 is 1.12 bits per heavy atom. The Morgan fingerprint density at radius 3 is 2.29 bits per heavy atom. The van der Waals surface area contributed by atoms with E-state index >= 15 is 0 Å². The summed E-state index contributed by atoms with van der Waals surface area (Å²) in [6.45, 7) is 6.84. The highest BCUT2D eigenvalue weighted by molar-refractivity contribution is 5.83. The fourth-order valence-corrected chi connectivity index (χ4v) is 3.17. The van der Waals surface area contributed by atoms with Gasteiger partial charge in [-0.25, -0.2) is 0 Å². The number of ether oxygens (including phenoxy) is 1. The number of benzene rings is 1. The summed E-state index contributed by atoms with van der Waals surface area (Å²) in [5, 5.41) is 0. The number of amides is 2. The van der Waals surface area contributed by atoms with Crippen molar-refractivity contribution < 1.29 is 14.3 Å². The minimum Gasteiger partial charge on any atom is -0.364 e. The standard InChI is InChI=1S/C19H26N2O3/c1-14-12-17(14)19(23)21-10-8-20(9-11-21)18(22)15(2)24-13-16-6-4-3-5-7-16/h3-7,14-15,17H,8-13H2,1-2H3/t14-,15+,17-/m1/s1. The summed E-state index contributed by atoms with van der Waals surface area (Å²) >= 11 is 0. The van der Waals surface area contributed by atoms with Gasteiger partial charge in [0, 0.05) is 32.1 Å². The molecular formula is C19H26N2O3. The van der Waals surface area contributed by atoms with Crippen LogP contribution in [0.4, 0.5) is 0 Å². The number of nitrogens with zero attached hydrogens (tertiary/aromatic N) is 2. The van der Waals surface area contributed by atoms with Crippen LogP contribution in [0.2, 0.25) is 0 Å². The van der Waals surface area contributed by atoms with Gasteiger partial charge in [0.25, 0.3) is 5.91 Å². The summed E-state index contributed by atoms with van der Waals surface area (Å²) in [5.41, 5.74) is 1.06. The molecule has 0 spiro atoms. The molecule has 130 valence electrons. The van der Waals surface area contributed by atoms with Crippen LogP contribution in [0.15, 0.2) is 30.3 Å². The molecule has 0 aromatic heterocycles. The predicted octanol–water partition coefficient (Wildman–Crippen LogP) is 1.92. The van der Waals surface area contributed by atoms with Gasteiger partial charge in [-0.3, -0.25) is 9.59 Å². The Kier molecular flexibility index (Phi) is 5.19. The second kappa shape index (κ2) is 7.34. The zero-order valence-electron chi connectivity index (χ0n) is 14.5. The van der Waals surface area contributed by atoms with Crippen LogP contribution in [0.5, 0.6) is 0 Å². The summed E-state index contributed by atoms with van der Waals surface area (Å²) in [7, 11) is 0. The molecule has 0 bridgehead atoms. The summed E-state index contributed by atoms with van der Waals surface area (Å²) in [5.74, 6) is 1.03. The highest BCUT2D eigenvalue weighted by Crippen LogP contribution is 2.39. The minimum atomic E-state index is -0.462. The molecule has 5 heteroatoms. The summed E-state index contributed by atoms with van der Waals surface area (Å²) < 4.78 is 5.71. The molecule has 1 aliphatic heterocycles. The molecule has 1 aliphatic carbocycles. The quantitative estimate of drug-likeness (QED) is 0.829. The van der Waals surface area contributed by atoms with E-state index in [1.807, 2.05) is 40.1 Å². The number of hydrogen-bond acceptors (Lipinski definition) is 3. The maximum atomic E-state index is 12.5. The van der Waals surface area contributed by atoms with Gasteiger partial charge in [0.05, 0.1) is 6.61 Å². The second-order valence-corrected chi connectivity index (χ2v) is 6.91. The number of carbonyl (C=O) groups excluding carboxylic acids is 2. The van der Waals surface area contributed by atoms with Gasteiger partial charge in [-0.15, -0.1) is 0 Å². The molecule has 24 heavy (non-hydrogen) atoms. The van der Waals surface area contributed by atoms with Crippen LogP contribution in [0.3, 0.4) is 0 Å². The third-order valence-corrected chi connectivity index (χ3v) is 5.02. The van der Waals surface area contributed by atoms with Crippen LogP contribution in [0.25, 0.3) is 0 Å². The Balaban J connectivity index is 1.43. The van der Waals surface area contributed by atoms with E-state index in [4.69, 9.17) is 4.74 Å². The number of carbonyl (C=O) groups is 2. The number of piperazine rings is 1. The molecule has 0 unspecified atom stereocenters. The first-order valence-electron chi connectivity index (χ1n) is 8.79. The topological polar surface area (TPSA) is 49.9 Å². The van der Waals surface area contributed by atoms with E-state index < -0.39 is 6.10 Å². The average Bonchev–Trinajstić information content (AvgIpc) is 3.36. The van der Waals surface area contributed by atoms with Crippen LogP contribution in [-0.4, -0.2) is 53.9 Å². The fraction of sp³-hybridized carbons (Fsp3) is 0.579. The van der Waals surface area contributed by atoms with Crippen LogP contribution in [-0.2, 0) is 20.9 Å². The zero-order valence-corrected chi connectivity index (χ0v) is 14.5. The van der Waals surface area contributed by atoms with E-state index in [1.54, 1.807) is 6.92 Å². The zero-order chi connectivity index (χ0) is 17.1. The average molecular weight is 330 g/mol. The fourth-order valence-electron chi connectivity index (χ4n) is 3.17. The van der Waals surface area contributed by atoms with Crippen molar-refractivity contribution in [3.8, 4) is 0 Å². The number of hydrogen-bond donors (Lipinski definition) is 0. The molecule has 1 heterocycles. The minimum absolute atomic E-state index is 0.0119. The summed E-state index contributed by atoms with van der Waals surface area (Å²) in [6, 6.07) is 9.85. The first kappa shape index (κ1) is 17.0. The Hall–Kier alpha value is -1.88. The van der Waals surface area contributed by atoms with Crippen molar-refractivity contribution in [2.24, 2.45) is 11.8 Å². The van der Waals surface area contributed by atoms with Crippen molar-refractivity contribution in [3.63, 3.8) is 0 Å². The van der Waals surface area contributed by atoms with Gasteiger partial charge in [-0.2, -0.15) is 0 Å². The van der Waals surface area contributed by atoms with Crippen LogP contribution in [0, 0.1) is 11.8 Å². The highest BCUT2D eigenvalue weighted by atomic mass is 16.5. The summed E-state index contributed by atoms with van der Waals surface area (Å²) in [4.78, 5) is 28.5. The lowest BCUT2D eigenvalue weighted by Gasteiger charge is -2.36. The van der Waals surface area contributed by atoms with Gasteiger partial charge in [0.2, 0.25) is 5.91 Å².